The smallest absolute Gasteiger partial charge is 0.358 e. The molecule has 0 aliphatic heterocycles. The molecule has 0 N–H and O–H groups in total. The summed E-state index contributed by atoms with van der Waals surface area (Å²) in [6.07, 6.45) is 0. The normalized spacial score (nSPS) is 0.857. The second-order valence-electron chi connectivity index (χ2n) is 0. The zero-order valence-corrected chi connectivity index (χ0v) is 7.45. The second-order valence-corrected chi connectivity index (χ2v) is 0. The summed E-state index contributed by atoms with van der Waals surface area (Å²) >= 11 is 2.94. The van der Waals surface area contributed by atoms with Gasteiger partial charge in [-0.25, -0.2) is 0 Å². The number of rotatable bonds is 0. The Morgan fingerprint density at radius 2 is 0.857 bits per heavy atom. The molecule has 0 atom stereocenters. The average molecular weight is 268 g/mol. The van der Waals surface area contributed by atoms with E-state index in [4.69, 9.17) is 0 Å². The van der Waals surface area contributed by atoms with Gasteiger partial charge in [-0.3, -0.25) is 0 Å². The van der Waals surface area contributed by atoms with Gasteiger partial charge in [-0.1, -0.05) is 23.4 Å². The van der Waals surface area contributed by atoms with E-state index in [-0.39, 0.29) is 56.4 Å². The van der Waals surface area contributed by atoms with Gasteiger partial charge in [0.2, 0.25) is 0 Å². The van der Waals surface area contributed by atoms with E-state index >= 15 is 0 Å². The third kappa shape index (κ3) is 99.3. The standard InChI is InChI=1S/CH3Br.CH4.2CH3.2Cu/c1-2;;;;;/h1H3;1H4;2*1H3;;/q;;2*-1;2*+1. The maximum Gasteiger partial charge on any atom is 1.00 e. The van der Waals surface area contributed by atoms with Crippen molar-refractivity contribution in [1.29, 1.82) is 0 Å². The summed E-state index contributed by atoms with van der Waals surface area (Å²) in [5.41, 5.74) is 0. The predicted molar refractivity (Wildman–Crippen MR) is 34.4 cm³/mol. The van der Waals surface area contributed by atoms with Crippen molar-refractivity contribution in [3.05, 3.63) is 14.9 Å². The van der Waals surface area contributed by atoms with Crippen LogP contribution in [0.4, 0.5) is 0 Å². The molecule has 0 spiro atoms. The minimum atomic E-state index is 0. The molecule has 0 aliphatic carbocycles. The largest absolute Gasteiger partial charge is 1.00 e. The molecule has 0 aromatic carbocycles. The monoisotopic (exact) mass is 266 g/mol. The Bertz CT molecular complexity index is 9.65. The van der Waals surface area contributed by atoms with Crippen LogP contribution < -0.4 is 0 Å². The maximum absolute atomic E-state index is 2.94. The molecular formula is C4H13BrCu2. The number of hydrogen-bond acceptors (Lipinski definition) is 0. The summed E-state index contributed by atoms with van der Waals surface area (Å²) in [5.74, 6) is 1.81. The molecule has 0 saturated carbocycles. The molecule has 0 aromatic rings. The van der Waals surface area contributed by atoms with Crippen molar-refractivity contribution < 1.29 is 34.1 Å². The molecule has 0 amide bonds. The molecule has 0 heterocycles. The van der Waals surface area contributed by atoms with Crippen molar-refractivity contribution in [3.63, 3.8) is 0 Å². The van der Waals surface area contributed by atoms with Crippen LogP contribution in [-0.2, 0) is 34.1 Å². The molecule has 0 bridgehead atoms. The molecular weight excluding hydrogens is 255 g/mol. The van der Waals surface area contributed by atoms with E-state index in [2.05, 4.69) is 15.9 Å². The van der Waals surface area contributed by atoms with E-state index in [1.807, 2.05) is 5.83 Å². The topological polar surface area (TPSA) is 0 Å². The van der Waals surface area contributed by atoms with E-state index in [0.29, 0.717) is 0 Å². The van der Waals surface area contributed by atoms with Crippen LogP contribution in [0, 0.1) is 14.9 Å². The van der Waals surface area contributed by atoms with Crippen molar-refractivity contribution in [2.45, 2.75) is 7.43 Å². The van der Waals surface area contributed by atoms with Crippen molar-refractivity contribution >= 4 is 15.9 Å². The predicted octanol–water partition coefficient (Wildman–Crippen LogP) is 2.54. The van der Waals surface area contributed by atoms with Gasteiger partial charge in [-0.15, -0.1) is 0 Å². The molecule has 0 nitrogen and oxygen atoms in total. The molecule has 0 saturated heterocycles. The first-order chi connectivity index (χ1) is 1.00. The van der Waals surface area contributed by atoms with Crippen LogP contribution in [0.15, 0.2) is 0 Å². The van der Waals surface area contributed by atoms with E-state index < -0.39 is 0 Å². The summed E-state index contributed by atoms with van der Waals surface area (Å²) in [7, 11) is 0. The van der Waals surface area contributed by atoms with Gasteiger partial charge in [0.25, 0.3) is 0 Å². The number of halogens is 1. The Hall–Kier alpha value is 1.52. The van der Waals surface area contributed by atoms with E-state index in [1.54, 1.807) is 0 Å². The molecule has 0 aromatic heterocycles. The molecule has 0 radical (unpaired) electrons. The molecule has 7 heavy (non-hydrogen) atoms. The van der Waals surface area contributed by atoms with Gasteiger partial charge in [0, 0.05) is 0 Å². The molecule has 0 unspecified atom stereocenters. The van der Waals surface area contributed by atoms with Gasteiger partial charge in [-0.2, -0.15) is 0 Å². The molecule has 0 aliphatic rings. The summed E-state index contributed by atoms with van der Waals surface area (Å²) in [6.45, 7) is 0. The van der Waals surface area contributed by atoms with Crippen molar-refractivity contribution in [2.24, 2.45) is 0 Å². The number of hydrogen-bond donors (Lipinski definition) is 0. The first kappa shape index (κ1) is 75.9. The van der Waals surface area contributed by atoms with Gasteiger partial charge in [-0.05, 0) is 5.83 Å². The van der Waals surface area contributed by atoms with Crippen LogP contribution in [0.2, 0.25) is 0 Å². The molecule has 3 heteroatoms. The SMILES string of the molecule is C.CBr.[CH3-].[CH3-].[Cu+].[Cu+]. The third-order valence-corrected chi connectivity index (χ3v) is 0. The quantitative estimate of drug-likeness (QED) is 0.360. The van der Waals surface area contributed by atoms with Crippen LogP contribution in [0.25, 0.3) is 0 Å². The summed E-state index contributed by atoms with van der Waals surface area (Å²) < 4.78 is 0. The Morgan fingerprint density at radius 3 is 0.857 bits per heavy atom. The Labute approximate surface area is 77.9 Å². The van der Waals surface area contributed by atoms with Crippen molar-refractivity contribution in [1.82, 2.24) is 0 Å². The zero-order valence-electron chi connectivity index (χ0n) is 3.98. The van der Waals surface area contributed by atoms with Crippen LogP contribution in [0.1, 0.15) is 7.43 Å². The van der Waals surface area contributed by atoms with Crippen LogP contribution in [0.3, 0.4) is 0 Å². The van der Waals surface area contributed by atoms with Gasteiger partial charge in [0.15, 0.2) is 0 Å². The summed E-state index contributed by atoms with van der Waals surface area (Å²) in [6, 6.07) is 0. The van der Waals surface area contributed by atoms with Crippen LogP contribution in [0.5, 0.6) is 0 Å². The molecule has 58 valence electrons. The summed E-state index contributed by atoms with van der Waals surface area (Å²) in [4.78, 5) is 0. The average Bonchev–Trinajstić information content (AvgIpc) is 1.00. The zero-order chi connectivity index (χ0) is 2.00. The fourth-order valence-electron chi connectivity index (χ4n) is 0. The Morgan fingerprint density at radius 1 is 0.857 bits per heavy atom. The van der Waals surface area contributed by atoms with Crippen LogP contribution in [-0.4, -0.2) is 5.83 Å². The van der Waals surface area contributed by atoms with Gasteiger partial charge < -0.3 is 14.9 Å². The Kier molecular flexibility index (Phi) is 1500. The van der Waals surface area contributed by atoms with E-state index in [9.17, 15) is 0 Å². The van der Waals surface area contributed by atoms with Crippen molar-refractivity contribution in [3.8, 4) is 0 Å². The fourth-order valence-corrected chi connectivity index (χ4v) is 0. The first-order valence-electron chi connectivity index (χ1n) is 0.378. The Balaban J connectivity index is -0.000000000500. The van der Waals surface area contributed by atoms with Gasteiger partial charge in [0.05, 0.1) is 0 Å². The van der Waals surface area contributed by atoms with Gasteiger partial charge >= 0.3 is 34.1 Å². The fraction of sp³-hybridized carbons (Fsp3) is 0.500. The van der Waals surface area contributed by atoms with Crippen LogP contribution >= 0.6 is 15.9 Å². The summed E-state index contributed by atoms with van der Waals surface area (Å²) in [5, 5.41) is 0. The third-order valence-electron chi connectivity index (χ3n) is 0. The molecule has 0 fully saturated rings. The van der Waals surface area contributed by atoms with Crippen molar-refractivity contribution in [2.75, 3.05) is 5.83 Å². The molecule has 0 rings (SSSR count). The maximum atomic E-state index is 2.94. The van der Waals surface area contributed by atoms with Gasteiger partial charge in [0.1, 0.15) is 0 Å². The minimum Gasteiger partial charge on any atom is -0.358 e. The number of alkyl halides is 1. The second kappa shape index (κ2) is 138. The minimum absolute atomic E-state index is 0. The first-order valence-corrected chi connectivity index (χ1v) is 1.96. The van der Waals surface area contributed by atoms with E-state index in [0.717, 1.165) is 0 Å². The van der Waals surface area contributed by atoms with E-state index in [1.165, 1.54) is 0 Å².